The molecule has 0 fully saturated rings. The second kappa shape index (κ2) is 6.78. The lowest BCUT2D eigenvalue weighted by Gasteiger charge is -2.19. The molecule has 0 aromatic heterocycles. The zero-order valence-corrected chi connectivity index (χ0v) is 12.7. The first-order valence-corrected chi connectivity index (χ1v) is 6.78. The van der Waals surface area contributed by atoms with Crippen LogP contribution in [0.2, 0.25) is 0 Å². The molecule has 0 bridgehead atoms. The quantitative estimate of drug-likeness (QED) is 0.676. The van der Waals surface area contributed by atoms with Gasteiger partial charge in [0.15, 0.2) is 5.75 Å². The van der Waals surface area contributed by atoms with Gasteiger partial charge in [-0.05, 0) is 18.2 Å². The second-order valence-electron chi connectivity index (χ2n) is 4.93. The average molecular weight is 316 g/mol. The number of nitro benzene ring substituents is 1. The van der Waals surface area contributed by atoms with Gasteiger partial charge in [-0.3, -0.25) is 14.9 Å². The fourth-order valence-electron chi connectivity index (χ4n) is 2.19. The summed E-state index contributed by atoms with van der Waals surface area (Å²) in [4.78, 5) is 23.8. The molecule has 7 heteroatoms. The van der Waals surface area contributed by atoms with Gasteiger partial charge in [-0.25, -0.2) is 0 Å². The first kappa shape index (κ1) is 16.3. The van der Waals surface area contributed by atoms with E-state index >= 15 is 0 Å². The van der Waals surface area contributed by atoms with Gasteiger partial charge < -0.3 is 14.7 Å². The Kier molecular flexibility index (Phi) is 4.80. The van der Waals surface area contributed by atoms with E-state index in [4.69, 9.17) is 4.74 Å². The van der Waals surface area contributed by atoms with Crippen LogP contribution in [0.5, 0.6) is 11.5 Å². The van der Waals surface area contributed by atoms with Crippen molar-refractivity contribution in [2.24, 2.45) is 0 Å². The Morgan fingerprint density at radius 3 is 2.61 bits per heavy atom. The number of ether oxygens (including phenoxy) is 1. The highest BCUT2D eigenvalue weighted by Gasteiger charge is 2.19. The van der Waals surface area contributed by atoms with E-state index in [0.29, 0.717) is 12.3 Å². The predicted molar refractivity (Wildman–Crippen MR) is 83.6 cm³/mol. The fourth-order valence-corrected chi connectivity index (χ4v) is 2.19. The zero-order valence-electron chi connectivity index (χ0n) is 12.7. The molecule has 0 saturated heterocycles. The first-order valence-electron chi connectivity index (χ1n) is 6.78. The summed E-state index contributed by atoms with van der Waals surface area (Å²) in [5.74, 6) is -0.230. The van der Waals surface area contributed by atoms with Gasteiger partial charge in [0, 0.05) is 30.8 Å². The van der Waals surface area contributed by atoms with E-state index in [0.717, 1.165) is 17.7 Å². The Bertz CT molecular complexity index is 745. The smallest absolute Gasteiger partial charge is 0.310 e. The summed E-state index contributed by atoms with van der Waals surface area (Å²) in [5, 5.41) is 20.3. The molecular weight excluding hydrogens is 300 g/mol. The minimum atomic E-state index is -0.706. The number of nitrogens with zero attached hydrogens (tertiary/aromatic N) is 2. The number of carbonyl (C=O) groups is 1. The molecular formula is C16H16N2O5. The molecule has 1 N–H and O–H groups in total. The molecule has 0 spiro atoms. The number of methoxy groups -OCH3 is 1. The van der Waals surface area contributed by atoms with Gasteiger partial charge in [0.2, 0.25) is 0 Å². The molecule has 0 aliphatic heterocycles. The monoisotopic (exact) mass is 316 g/mol. The van der Waals surface area contributed by atoms with Gasteiger partial charge in [0.25, 0.3) is 5.91 Å². The Hall–Kier alpha value is -3.09. The third kappa shape index (κ3) is 3.57. The standard InChI is InChI=1S/C16H16N2O5/c1-17(10-12-5-3-4-6-15(12)23-2)16(20)11-7-8-13(18(21)22)14(19)9-11/h3-9,19H,10H2,1-2H3. The normalized spacial score (nSPS) is 10.2. The molecule has 7 nitrogen and oxygen atoms in total. The number of amides is 1. The highest BCUT2D eigenvalue weighted by atomic mass is 16.6. The number of phenolic OH excluding ortho intramolecular Hbond substituents is 1. The number of hydrogen-bond donors (Lipinski definition) is 1. The molecule has 0 heterocycles. The highest BCUT2D eigenvalue weighted by molar-refractivity contribution is 5.94. The number of hydrogen-bond acceptors (Lipinski definition) is 5. The minimum absolute atomic E-state index is 0.172. The van der Waals surface area contributed by atoms with Gasteiger partial charge in [0.1, 0.15) is 5.75 Å². The maximum absolute atomic E-state index is 12.4. The van der Waals surface area contributed by atoms with Gasteiger partial charge in [-0.2, -0.15) is 0 Å². The van der Waals surface area contributed by atoms with Gasteiger partial charge in [0.05, 0.1) is 12.0 Å². The SMILES string of the molecule is COc1ccccc1CN(C)C(=O)c1ccc([N+](=O)[O-])c(O)c1. The van der Waals surface area contributed by atoms with E-state index < -0.39 is 16.4 Å². The van der Waals surface area contributed by atoms with E-state index in [1.165, 1.54) is 11.0 Å². The number of aromatic hydroxyl groups is 1. The molecule has 2 aromatic rings. The van der Waals surface area contributed by atoms with E-state index in [-0.39, 0.29) is 11.5 Å². The van der Waals surface area contributed by atoms with Crippen LogP contribution in [0.15, 0.2) is 42.5 Å². The summed E-state index contributed by atoms with van der Waals surface area (Å²) < 4.78 is 5.24. The second-order valence-corrected chi connectivity index (χ2v) is 4.93. The summed E-state index contributed by atoms with van der Waals surface area (Å²) in [6.45, 7) is 0.306. The molecule has 0 atom stereocenters. The van der Waals surface area contributed by atoms with Crippen molar-refractivity contribution < 1.29 is 19.6 Å². The Balaban J connectivity index is 2.20. The summed E-state index contributed by atoms with van der Waals surface area (Å²) in [6.07, 6.45) is 0. The lowest BCUT2D eigenvalue weighted by atomic mass is 10.1. The number of benzene rings is 2. The summed E-state index contributed by atoms with van der Waals surface area (Å²) >= 11 is 0. The number of carbonyl (C=O) groups excluding carboxylic acids is 1. The van der Waals surface area contributed by atoms with Crippen molar-refractivity contribution in [1.29, 1.82) is 0 Å². The van der Waals surface area contributed by atoms with Crippen molar-refractivity contribution in [2.75, 3.05) is 14.2 Å². The average Bonchev–Trinajstić information content (AvgIpc) is 2.54. The van der Waals surface area contributed by atoms with Crippen LogP contribution >= 0.6 is 0 Å². The van der Waals surface area contributed by atoms with Crippen molar-refractivity contribution in [1.82, 2.24) is 4.90 Å². The molecule has 1 amide bonds. The van der Waals surface area contributed by atoms with E-state index in [9.17, 15) is 20.0 Å². The van der Waals surface area contributed by atoms with Crippen molar-refractivity contribution in [3.63, 3.8) is 0 Å². The summed E-state index contributed by atoms with van der Waals surface area (Å²) in [7, 11) is 3.16. The number of rotatable bonds is 5. The maximum atomic E-state index is 12.4. The van der Waals surface area contributed by atoms with Gasteiger partial charge >= 0.3 is 5.69 Å². The van der Waals surface area contributed by atoms with Crippen LogP contribution in [0.1, 0.15) is 15.9 Å². The molecule has 2 aromatic carbocycles. The van der Waals surface area contributed by atoms with E-state index in [2.05, 4.69) is 0 Å². The van der Waals surface area contributed by atoms with Crippen molar-refractivity contribution >= 4 is 11.6 Å². The van der Waals surface area contributed by atoms with Crippen LogP contribution in [-0.4, -0.2) is 35.0 Å². The van der Waals surface area contributed by atoms with Crippen LogP contribution in [0, 0.1) is 10.1 Å². The van der Waals surface area contributed by atoms with Crippen molar-refractivity contribution in [2.45, 2.75) is 6.54 Å². The van der Waals surface area contributed by atoms with Crippen molar-refractivity contribution in [3.05, 3.63) is 63.7 Å². The van der Waals surface area contributed by atoms with Crippen LogP contribution in [0.4, 0.5) is 5.69 Å². The van der Waals surface area contributed by atoms with E-state index in [1.807, 2.05) is 18.2 Å². The minimum Gasteiger partial charge on any atom is -0.502 e. The zero-order chi connectivity index (χ0) is 17.0. The largest absolute Gasteiger partial charge is 0.502 e. The summed E-state index contributed by atoms with van der Waals surface area (Å²) in [5.41, 5.74) is 0.566. The molecule has 120 valence electrons. The molecule has 0 aliphatic carbocycles. The van der Waals surface area contributed by atoms with Gasteiger partial charge in [-0.1, -0.05) is 18.2 Å². The third-order valence-electron chi connectivity index (χ3n) is 3.37. The Labute approximate surface area is 132 Å². The molecule has 2 rings (SSSR count). The lowest BCUT2D eigenvalue weighted by molar-refractivity contribution is -0.385. The van der Waals surface area contributed by atoms with Crippen LogP contribution in [0.25, 0.3) is 0 Å². The Morgan fingerprint density at radius 2 is 2.00 bits per heavy atom. The topological polar surface area (TPSA) is 92.9 Å². The maximum Gasteiger partial charge on any atom is 0.310 e. The van der Waals surface area contributed by atoms with Crippen LogP contribution in [0.3, 0.4) is 0 Å². The van der Waals surface area contributed by atoms with Gasteiger partial charge in [-0.15, -0.1) is 0 Å². The molecule has 23 heavy (non-hydrogen) atoms. The summed E-state index contributed by atoms with van der Waals surface area (Å²) in [6, 6.07) is 10.8. The van der Waals surface area contributed by atoms with Crippen molar-refractivity contribution in [3.8, 4) is 11.5 Å². The molecule has 0 radical (unpaired) electrons. The van der Waals surface area contributed by atoms with Crippen LogP contribution in [-0.2, 0) is 6.54 Å². The fraction of sp³-hybridized carbons (Fsp3) is 0.188. The lowest BCUT2D eigenvalue weighted by Crippen LogP contribution is -2.26. The predicted octanol–water partition coefficient (Wildman–Crippen LogP) is 2.58. The van der Waals surface area contributed by atoms with E-state index in [1.54, 1.807) is 20.2 Å². The Morgan fingerprint density at radius 1 is 1.30 bits per heavy atom. The molecule has 0 unspecified atom stereocenters. The highest BCUT2D eigenvalue weighted by Crippen LogP contribution is 2.27. The first-order chi connectivity index (χ1) is 10.9. The number of nitro groups is 1. The molecule has 0 aliphatic rings. The van der Waals surface area contributed by atoms with Crippen LogP contribution < -0.4 is 4.74 Å². The third-order valence-corrected chi connectivity index (χ3v) is 3.37. The number of para-hydroxylation sites is 1. The number of phenols is 1. The molecule has 0 saturated carbocycles.